The molecular weight excluding hydrogens is 509 g/mol. The van der Waals surface area contributed by atoms with Crippen LogP contribution in [0.1, 0.15) is 35.6 Å². The summed E-state index contributed by atoms with van der Waals surface area (Å²) in [5.74, 6) is -0.618. The van der Waals surface area contributed by atoms with E-state index in [1.54, 1.807) is 24.3 Å². The van der Waals surface area contributed by atoms with Crippen molar-refractivity contribution in [3.63, 3.8) is 0 Å². The van der Waals surface area contributed by atoms with Gasteiger partial charge < -0.3 is 4.74 Å². The van der Waals surface area contributed by atoms with E-state index in [1.165, 1.54) is 31.4 Å². The molecule has 0 heterocycles. The molecule has 0 aliphatic heterocycles. The van der Waals surface area contributed by atoms with Crippen molar-refractivity contribution in [1.29, 1.82) is 0 Å². The van der Waals surface area contributed by atoms with E-state index in [9.17, 15) is 17.6 Å². The number of rotatable bonds is 10. The second kappa shape index (κ2) is 11.5. The van der Waals surface area contributed by atoms with Gasteiger partial charge in [0.15, 0.2) is 0 Å². The molecule has 5 nitrogen and oxygen atoms in total. The van der Waals surface area contributed by atoms with E-state index in [4.69, 9.17) is 0 Å². The maximum atomic E-state index is 13.7. The molecule has 8 heteroatoms. The van der Waals surface area contributed by atoms with E-state index >= 15 is 0 Å². The average Bonchev–Trinajstić information content (AvgIpc) is 2.79. The fraction of sp³-hybridized carbons (Fsp3) is 0.240. The summed E-state index contributed by atoms with van der Waals surface area (Å²) in [6, 6.07) is 19.5. The van der Waals surface area contributed by atoms with Crippen molar-refractivity contribution < 1.29 is 22.3 Å². The molecule has 0 spiro atoms. The van der Waals surface area contributed by atoms with Gasteiger partial charge in [0.1, 0.15) is 5.82 Å². The van der Waals surface area contributed by atoms with Crippen LogP contribution in [-0.2, 0) is 32.4 Å². The molecule has 0 aliphatic rings. The maximum Gasteiger partial charge on any atom is 0.305 e. The standard InChI is InChI=1S/C25H25BrFNO4S/c1-32-25(29)7-3-4-18-8-10-20(11-9-18)24(17-19-5-2-6-22(27)16-19)28-33(30,31)23-14-12-21(26)13-15-23/h2,5-6,8-16,24,28H,3-4,7,17H2,1H3. The molecule has 1 N–H and O–H groups in total. The van der Waals surface area contributed by atoms with Gasteiger partial charge in [0.2, 0.25) is 10.0 Å². The number of hydrogen-bond acceptors (Lipinski definition) is 4. The second-order valence-corrected chi connectivity index (χ2v) is 10.3. The number of sulfonamides is 1. The zero-order chi connectivity index (χ0) is 23.8. The summed E-state index contributed by atoms with van der Waals surface area (Å²) >= 11 is 3.31. The minimum absolute atomic E-state index is 0.148. The predicted molar refractivity (Wildman–Crippen MR) is 129 cm³/mol. The predicted octanol–water partition coefficient (Wildman–Crippen LogP) is 5.35. The molecule has 1 unspecified atom stereocenters. The van der Waals surface area contributed by atoms with Crippen LogP contribution < -0.4 is 4.72 Å². The van der Waals surface area contributed by atoms with Crippen LogP contribution in [0.3, 0.4) is 0 Å². The number of esters is 1. The molecule has 33 heavy (non-hydrogen) atoms. The lowest BCUT2D eigenvalue weighted by atomic mass is 9.97. The number of benzene rings is 3. The van der Waals surface area contributed by atoms with Gasteiger partial charge in [-0.25, -0.2) is 17.5 Å². The number of ether oxygens (including phenoxy) is 1. The third-order valence-electron chi connectivity index (χ3n) is 5.21. The molecule has 174 valence electrons. The molecule has 0 aromatic heterocycles. The van der Waals surface area contributed by atoms with Gasteiger partial charge in [-0.2, -0.15) is 0 Å². The Morgan fingerprint density at radius 1 is 1.03 bits per heavy atom. The molecule has 0 bridgehead atoms. The molecule has 0 radical (unpaired) electrons. The van der Waals surface area contributed by atoms with E-state index in [0.717, 1.165) is 15.6 Å². The summed E-state index contributed by atoms with van der Waals surface area (Å²) < 4.78 is 48.0. The Morgan fingerprint density at radius 3 is 2.36 bits per heavy atom. The Kier molecular flexibility index (Phi) is 8.77. The molecule has 0 saturated heterocycles. The first-order valence-corrected chi connectivity index (χ1v) is 12.7. The Morgan fingerprint density at radius 2 is 1.73 bits per heavy atom. The van der Waals surface area contributed by atoms with Crippen molar-refractivity contribution in [2.75, 3.05) is 7.11 Å². The van der Waals surface area contributed by atoms with Crippen LogP contribution in [0.15, 0.2) is 82.2 Å². The number of hydrogen-bond donors (Lipinski definition) is 1. The number of aryl methyl sites for hydroxylation is 1. The van der Waals surface area contributed by atoms with Gasteiger partial charge in [0, 0.05) is 10.9 Å². The smallest absolute Gasteiger partial charge is 0.305 e. The highest BCUT2D eigenvalue weighted by Crippen LogP contribution is 2.24. The third-order valence-corrected chi connectivity index (χ3v) is 7.22. The first-order valence-electron chi connectivity index (χ1n) is 10.4. The van der Waals surface area contributed by atoms with Crippen molar-refractivity contribution in [2.45, 2.75) is 36.6 Å². The highest BCUT2D eigenvalue weighted by Gasteiger charge is 2.22. The number of carbonyl (C=O) groups excluding carboxylic acids is 1. The molecule has 0 amide bonds. The summed E-state index contributed by atoms with van der Waals surface area (Å²) in [7, 11) is -2.44. The van der Waals surface area contributed by atoms with Crippen molar-refractivity contribution in [3.05, 3.63) is 99.8 Å². The fourth-order valence-corrected chi connectivity index (χ4v) is 4.94. The number of halogens is 2. The van der Waals surface area contributed by atoms with Crippen LogP contribution in [-0.4, -0.2) is 21.5 Å². The van der Waals surface area contributed by atoms with Gasteiger partial charge in [-0.05, 0) is 72.4 Å². The van der Waals surface area contributed by atoms with Gasteiger partial charge in [0.25, 0.3) is 0 Å². The van der Waals surface area contributed by atoms with E-state index in [0.29, 0.717) is 24.8 Å². The normalized spacial score (nSPS) is 12.3. The summed E-state index contributed by atoms with van der Waals surface area (Å²) in [5, 5.41) is 0. The van der Waals surface area contributed by atoms with Crippen LogP contribution in [0.4, 0.5) is 4.39 Å². The highest BCUT2D eigenvalue weighted by atomic mass is 79.9. The average molecular weight is 534 g/mol. The minimum atomic E-state index is -3.81. The first-order chi connectivity index (χ1) is 15.8. The Balaban J connectivity index is 1.82. The summed E-state index contributed by atoms with van der Waals surface area (Å²) in [6.07, 6.45) is 1.99. The fourth-order valence-electron chi connectivity index (χ4n) is 3.45. The summed E-state index contributed by atoms with van der Waals surface area (Å²) in [5.41, 5.74) is 2.47. The van der Waals surface area contributed by atoms with Crippen molar-refractivity contribution in [1.82, 2.24) is 4.72 Å². The molecule has 1 atom stereocenters. The van der Waals surface area contributed by atoms with Gasteiger partial charge in [-0.15, -0.1) is 0 Å². The van der Waals surface area contributed by atoms with E-state index in [1.807, 2.05) is 24.3 Å². The Bertz CT molecular complexity index is 1180. The van der Waals surface area contributed by atoms with Crippen LogP contribution >= 0.6 is 15.9 Å². The lowest BCUT2D eigenvalue weighted by molar-refractivity contribution is -0.140. The maximum absolute atomic E-state index is 13.7. The zero-order valence-corrected chi connectivity index (χ0v) is 20.5. The third kappa shape index (κ3) is 7.48. The van der Waals surface area contributed by atoms with E-state index in [2.05, 4.69) is 25.4 Å². The van der Waals surface area contributed by atoms with Gasteiger partial charge in [-0.3, -0.25) is 4.79 Å². The molecular formula is C25H25BrFNO4S. The lowest BCUT2D eigenvalue weighted by Crippen LogP contribution is -2.30. The van der Waals surface area contributed by atoms with Crippen molar-refractivity contribution in [3.8, 4) is 0 Å². The number of nitrogens with one attached hydrogen (secondary N) is 1. The Labute approximate surface area is 202 Å². The van der Waals surface area contributed by atoms with Gasteiger partial charge in [-0.1, -0.05) is 52.3 Å². The largest absolute Gasteiger partial charge is 0.469 e. The van der Waals surface area contributed by atoms with Gasteiger partial charge in [0.05, 0.1) is 18.0 Å². The van der Waals surface area contributed by atoms with Crippen LogP contribution in [0.25, 0.3) is 0 Å². The van der Waals surface area contributed by atoms with Crippen LogP contribution in [0, 0.1) is 5.82 Å². The highest BCUT2D eigenvalue weighted by molar-refractivity contribution is 9.10. The molecule has 3 aromatic carbocycles. The quantitative estimate of drug-likeness (QED) is 0.356. The van der Waals surface area contributed by atoms with Crippen LogP contribution in [0.5, 0.6) is 0 Å². The summed E-state index contributed by atoms with van der Waals surface area (Å²) in [4.78, 5) is 11.4. The zero-order valence-electron chi connectivity index (χ0n) is 18.1. The molecule has 0 saturated carbocycles. The van der Waals surface area contributed by atoms with Crippen molar-refractivity contribution >= 4 is 31.9 Å². The summed E-state index contributed by atoms with van der Waals surface area (Å²) in [6.45, 7) is 0. The molecule has 3 aromatic rings. The molecule has 3 rings (SSSR count). The Hall–Kier alpha value is -2.55. The topological polar surface area (TPSA) is 72.5 Å². The number of carbonyl (C=O) groups is 1. The molecule has 0 fully saturated rings. The van der Waals surface area contributed by atoms with Gasteiger partial charge >= 0.3 is 5.97 Å². The lowest BCUT2D eigenvalue weighted by Gasteiger charge is -2.20. The van der Waals surface area contributed by atoms with Crippen molar-refractivity contribution in [2.24, 2.45) is 0 Å². The van der Waals surface area contributed by atoms with E-state index in [-0.39, 0.29) is 23.1 Å². The van der Waals surface area contributed by atoms with E-state index < -0.39 is 16.1 Å². The van der Waals surface area contributed by atoms with Crippen LogP contribution in [0.2, 0.25) is 0 Å². The first kappa shape index (κ1) is 25.1. The monoisotopic (exact) mass is 533 g/mol. The number of methoxy groups -OCH3 is 1. The SMILES string of the molecule is COC(=O)CCCc1ccc(C(Cc2cccc(F)c2)NS(=O)(=O)c2ccc(Br)cc2)cc1. The second-order valence-electron chi connectivity index (χ2n) is 7.63. The molecule has 0 aliphatic carbocycles. The minimum Gasteiger partial charge on any atom is -0.469 e.